The Morgan fingerprint density at radius 3 is 2.37 bits per heavy atom. The van der Waals surface area contributed by atoms with Crippen molar-refractivity contribution in [2.45, 2.75) is 33.6 Å². The number of hydrogen-bond donors (Lipinski definition) is 1. The van der Waals surface area contributed by atoms with Crippen LogP contribution in [0.4, 0.5) is 5.69 Å². The lowest BCUT2D eigenvalue weighted by Gasteiger charge is -2.17. The first-order chi connectivity index (χ1) is 17.0. The van der Waals surface area contributed by atoms with E-state index in [-0.39, 0.29) is 11.9 Å². The molecule has 0 spiro atoms. The van der Waals surface area contributed by atoms with Crippen molar-refractivity contribution in [3.63, 3.8) is 0 Å². The van der Waals surface area contributed by atoms with Gasteiger partial charge in [0.1, 0.15) is 0 Å². The maximum Gasteiger partial charge on any atom is 0.306 e. The average molecular weight is 468 g/mol. The summed E-state index contributed by atoms with van der Waals surface area (Å²) in [6, 6.07) is 21.7. The quantitative estimate of drug-likeness (QED) is 0.327. The van der Waals surface area contributed by atoms with Gasteiger partial charge in [0.25, 0.3) is 5.91 Å². The maximum atomic E-state index is 12.8. The molecule has 0 bridgehead atoms. The van der Waals surface area contributed by atoms with Crippen molar-refractivity contribution in [1.29, 1.82) is 0 Å². The molecule has 6 nitrogen and oxygen atoms in total. The van der Waals surface area contributed by atoms with Crippen LogP contribution in [0.3, 0.4) is 0 Å². The predicted molar refractivity (Wildman–Crippen MR) is 138 cm³/mol. The third-order valence-corrected chi connectivity index (χ3v) is 5.84. The first-order valence-electron chi connectivity index (χ1n) is 11.7. The number of benzene rings is 2. The van der Waals surface area contributed by atoms with Gasteiger partial charge in [-0.25, -0.2) is 0 Å². The zero-order valence-electron chi connectivity index (χ0n) is 20.2. The highest BCUT2D eigenvalue weighted by Crippen LogP contribution is 2.30. The van der Waals surface area contributed by atoms with Crippen molar-refractivity contribution in [3.05, 3.63) is 102 Å². The molecule has 0 fully saturated rings. The van der Waals surface area contributed by atoms with E-state index in [2.05, 4.69) is 58.2 Å². The molecule has 2 heterocycles. The molecule has 4 aromatic rings. The lowest BCUT2D eigenvalue weighted by atomic mass is 10.1. The van der Waals surface area contributed by atoms with Crippen LogP contribution in [-0.4, -0.2) is 28.0 Å². The molecule has 1 amide bonds. The Kier molecular flexibility index (Phi) is 7.41. The van der Waals surface area contributed by atoms with E-state index in [1.54, 1.807) is 24.5 Å². The lowest BCUT2D eigenvalue weighted by molar-refractivity contribution is -0.143. The Morgan fingerprint density at radius 2 is 1.69 bits per heavy atom. The predicted octanol–water partition coefficient (Wildman–Crippen LogP) is 5.90. The number of amides is 1. The van der Waals surface area contributed by atoms with Crippen molar-refractivity contribution in [2.75, 3.05) is 11.9 Å². The number of ether oxygens (including phenoxy) is 1. The Morgan fingerprint density at radius 1 is 0.943 bits per heavy atom. The molecule has 0 unspecified atom stereocenters. The Hall–Kier alpha value is -4.19. The molecular weight excluding hydrogens is 438 g/mol. The van der Waals surface area contributed by atoms with E-state index in [1.807, 2.05) is 32.0 Å². The van der Waals surface area contributed by atoms with Gasteiger partial charge in [0.15, 0.2) is 0 Å². The highest BCUT2D eigenvalue weighted by atomic mass is 16.5. The largest absolute Gasteiger partial charge is 0.466 e. The van der Waals surface area contributed by atoms with Crippen LogP contribution in [0.1, 0.15) is 40.5 Å². The van der Waals surface area contributed by atoms with Gasteiger partial charge in [0.2, 0.25) is 0 Å². The highest BCUT2D eigenvalue weighted by molar-refractivity contribution is 6.04. The maximum absolute atomic E-state index is 12.8. The molecule has 2 aromatic heterocycles. The molecule has 2 aromatic carbocycles. The van der Waals surface area contributed by atoms with E-state index >= 15 is 0 Å². The molecule has 1 N–H and O–H groups in total. The second kappa shape index (κ2) is 10.8. The summed E-state index contributed by atoms with van der Waals surface area (Å²) in [5.41, 5.74) is 7.48. The van der Waals surface area contributed by atoms with E-state index in [0.29, 0.717) is 30.7 Å². The second-order valence-electron chi connectivity index (χ2n) is 8.41. The first-order valence-corrected chi connectivity index (χ1v) is 11.7. The van der Waals surface area contributed by atoms with Crippen LogP contribution in [-0.2, 0) is 16.0 Å². The third-order valence-electron chi connectivity index (χ3n) is 5.84. The van der Waals surface area contributed by atoms with Gasteiger partial charge < -0.3 is 14.6 Å². The van der Waals surface area contributed by atoms with E-state index in [9.17, 15) is 9.59 Å². The highest BCUT2D eigenvalue weighted by Gasteiger charge is 2.17. The van der Waals surface area contributed by atoms with Crippen LogP contribution in [0.25, 0.3) is 16.9 Å². The fraction of sp³-hybridized carbons (Fsp3) is 0.207. The SMILES string of the molecule is CCOC(=O)CCc1ccc(-c2ccc(C)cc2)n1-c1ccc(C(=O)Nc2ccncc2)cc1C. The molecule has 178 valence electrons. The van der Waals surface area contributed by atoms with E-state index in [0.717, 1.165) is 28.2 Å². The summed E-state index contributed by atoms with van der Waals surface area (Å²) in [6.07, 6.45) is 4.13. The normalized spacial score (nSPS) is 10.7. The number of nitrogens with zero attached hydrogens (tertiary/aromatic N) is 2. The van der Waals surface area contributed by atoms with Crippen LogP contribution in [0, 0.1) is 13.8 Å². The van der Waals surface area contributed by atoms with Crippen molar-refractivity contribution in [3.8, 4) is 16.9 Å². The molecule has 0 radical (unpaired) electrons. The second-order valence-corrected chi connectivity index (χ2v) is 8.41. The number of aromatic nitrogens is 2. The average Bonchev–Trinajstić information content (AvgIpc) is 3.27. The van der Waals surface area contributed by atoms with Crippen LogP contribution in [0.15, 0.2) is 79.1 Å². The smallest absolute Gasteiger partial charge is 0.306 e. The van der Waals surface area contributed by atoms with Gasteiger partial charge in [-0.3, -0.25) is 14.6 Å². The minimum Gasteiger partial charge on any atom is -0.466 e. The van der Waals surface area contributed by atoms with E-state index < -0.39 is 0 Å². The van der Waals surface area contributed by atoms with Crippen LogP contribution < -0.4 is 5.32 Å². The molecule has 0 atom stereocenters. The number of carbonyl (C=O) groups excluding carboxylic acids is 2. The Balaban J connectivity index is 1.69. The van der Waals surface area contributed by atoms with Crippen LogP contribution in [0.2, 0.25) is 0 Å². The van der Waals surface area contributed by atoms with E-state index in [4.69, 9.17) is 4.74 Å². The molecule has 0 saturated heterocycles. The van der Waals surface area contributed by atoms with Gasteiger partial charge in [-0.15, -0.1) is 0 Å². The van der Waals surface area contributed by atoms with Gasteiger partial charge in [-0.2, -0.15) is 0 Å². The first kappa shape index (κ1) is 24.0. The van der Waals surface area contributed by atoms with Crippen molar-refractivity contribution in [2.24, 2.45) is 0 Å². The molecule has 0 aliphatic carbocycles. The number of hydrogen-bond acceptors (Lipinski definition) is 4. The van der Waals surface area contributed by atoms with Gasteiger partial charge in [-0.05, 0) is 80.8 Å². The molecule has 0 saturated carbocycles. The summed E-state index contributed by atoms with van der Waals surface area (Å²) in [5.74, 6) is -0.392. The van der Waals surface area contributed by atoms with E-state index in [1.165, 1.54) is 5.56 Å². The summed E-state index contributed by atoms with van der Waals surface area (Å²) in [4.78, 5) is 28.8. The Bertz CT molecular complexity index is 1330. The third kappa shape index (κ3) is 5.66. The number of aryl methyl sites for hydroxylation is 3. The van der Waals surface area contributed by atoms with Gasteiger partial charge in [-0.1, -0.05) is 29.8 Å². The summed E-state index contributed by atoms with van der Waals surface area (Å²) in [6.45, 7) is 6.24. The van der Waals surface area contributed by atoms with Gasteiger partial charge in [0.05, 0.1) is 18.7 Å². The van der Waals surface area contributed by atoms with Crippen molar-refractivity contribution >= 4 is 17.6 Å². The van der Waals surface area contributed by atoms with Gasteiger partial charge in [0, 0.05) is 35.0 Å². The number of pyridine rings is 1. The van der Waals surface area contributed by atoms with Crippen molar-refractivity contribution in [1.82, 2.24) is 9.55 Å². The number of rotatable bonds is 8. The fourth-order valence-corrected chi connectivity index (χ4v) is 4.06. The number of esters is 1. The van der Waals surface area contributed by atoms with Crippen molar-refractivity contribution < 1.29 is 14.3 Å². The lowest BCUT2D eigenvalue weighted by Crippen LogP contribution is -2.13. The molecule has 4 rings (SSSR count). The summed E-state index contributed by atoms with van der Waals surface area (Å²) >= 11 is 0. The summed E-state index contributed by atoms with van der Waals surface area (Å²) < 4.78 is 7.30. The minimum absolute atomic E-state index is 0.181. The molecule has 6 heteroatoms. The molecular formula is C29H29N3O3. The number of nitrogens with one attached hydrogen (secondary N) is 1. The fourth-order valence-electron chi connectivity index (χ4n) is 4.06. The molecule has 0 aliphatic heterocycles. The standard InChI is InChI=1S/C29H29N3O3/c1-4-35-28(33)14-11-25-10-13-27(22-7-5-20(2)6-8-22)32(25)26-12-9-23(19-21(26)3)29(34)31-24-15-17-30-18-16-24/h5-10,12-13,15-19H,4,11,14H2,1-3H3,(H,30,31,34). The topological polar surface area (TPSA) is 73.2 Å². The summed E-state index contributed by atoms with van der Waals surface area (Å²) in [5, 5.41) is 2.90. The zero-order valence-corrected chi connectivity index (χ0v) is 20.2. The van der Waals surface area contributed by atoms with Gasteiger partial charge >= 0.3 is 5.97 Å². The minimum atomic E-state index is -0.211. The monoisotopic (exact) mass is 467 g/mol. The number of anilines is 1. The number of carbonyl (C=O) groups is 2. The zero-order chi connectivity index (χ0) is 24.8. The molecule has 0 aliphatic rings. The summed E-state index contributed by atoms with van der Waals surface area (Å²) in [7, 11) is 0. The van der Waals surface area contributed by atoms with Crippen LogP contribution >= 0.6 is 0 Å². The van der Waals surface area contributed by atoms with Crippen LogP contribution in [0.5, 0.6) is 0 Å². The Labute approximate surface area is 205 Å². The molecule has 35 heavy (non-hydrogen) atoms.